The highest BCUT2D eigenvalue weighted by Crippen LogP contribution is 2.32. The van der Waals surface area contributed by atoms with E-state index >= 15 is 0 Å². The largest absolute Gasteiger partial charge is 0.372 e. The molecule has 1 aromatic heterocycles. The number of halogens is 2. The Morgan fingerprint density at radius 3 is 2.29 bits per heavy atom. The van der Waals surface area contributed by atoms with Crippen LogP contribution in [0.3, 0.4) is 0 Å². The normalized spacial score (nSPS) is 15.2. The molecular weight excluding hydrogens is 225 g/mol. The molecule has 0 saturated carbocycles. The van der Waals surface area contributed by atoms with E-state index in [9.17, 15) is 0 Å². The SMILES string of the molecule is COC(C)(CN)c1c(Cl)ncnc1Cl. The van der Waals surface area contributed by atoms with Crippen LogP contribution in [-0.4, -0.2) is 23.6 Å². The standard InChI is InChI=1S/C8H11Cl2N3O/c1-8(3-11,14-2)5-6(9)12-4-13-7(5)10/h4H,3,11H2,1-2H3. The van der Waals surface area contributed by atoms with E-state index in [2.05, 4.69) is 9.97 Å². The van der Waals surface area contributed by atoms with Crippen molar-refractivity contribution in [2.45, 2.75) is 12.5 Å². The summed E-state index contributed by atoms with van der Waals surface area (Å²) in [4.78, 5) is 7.67. The zero-order chi connectivity index (χ0) is 10.8. The quantitative estimate of drug-likeness (QED) is 0.809. The van der Waals surface area contributed by atoms with E-state index in [0.29, 0.717) is 5.56 Å². The summed E-state index contributed by atoms with van der Waals surface area (Å²) in [5.41, 5.74) is 5.36. The Morgan fingerprint density at radius 2 is 1.93 bits per heavy atom. The molecule has 14 heavy (non-hydrogen) atoms. The molecule has 4 nitrogen and oxygen atoms in total. The van der Waals surface area contributed by atoms with Crippen molar-refractivity contribution in [2.24, 2.45) is 5.73 Å². The van der Waals surface area contributed by atoms with Crippen molar-refractivity contribution < 1.29 is 4.74 Å². The molecule has 1 rings (SSSR count). The van der Waals surface area contributed by atoms with Crippen molar-refractivity contribution in [1.82, 2.24) is 9.97 Å². The summed E-state index contributed by atoms with van der Waals surface area (Å²) in [6.07, 6.45) is 1.29. The first-order chi connectivity index (χ1) is 6.55. The van der Waals surface area contributed by atoms with Gasteiger partial charge in [-0.05, 0) is 6.92 Å². The molecule has 6 heteroatoms. The number of hydrogen-bond donors (Lipinski definition) is 1. The van der Waals surface area contributed by atoms with Gasteiger partial charge in [0.15, 0.2) is 0 Å². The molecule has 0 radical (unpaired) electrons. The van der Waals surface area contributed by atoms with Crippen molar-refractivity contribution in [3.63, 3.8) is 0 Å². The average molecular weight is 236 g/mol. The molecule has 0 saturated heterocycles. The fourth-order valence-corrected chi connectivity index (χ4v) is 1.78. The highest BCUT2D eigenvalue weighted by molar-refractivity contribution is 6.34. The van der Waals surface area contributed by atoms with Gasteiger partial charge in [-0.2, -0.15) is 0 Å². The minimum absolute atomic E-state index is 0.246. The van der Waals surface area contributed by atoms with Gasteiger partial charge < -0.3 is 10.5 Å². The molecule has 0 aliphatic rings. The maximum absolute atomic E-state index is 5.90. The topological polar surface area (TPSA) is 61.0 Å². The zero-order valence-corrected chi connectivity index (χ0v) is 9.43. The first-order valence-corrected chi connectivity index (χ1v) is 4.72. The molecule has 1 aromatic rings. The molecule has 0 aliphatic carbocycles. The Balaban J connectivity index is 3.29. The van der Waals surface area contributed by atoms with Crippen LogP contribution in [0, 0.1) is 0 Å². The third-order valence-electron chi connectivity index (χ3n) is 2.12. The average Bonchev–Trinajstić information content (AvgIpc) is 2.17. The fourth-order valence-electron chi connectivity index (χ4n) is 1.07. The molecular formula is C8H11Cl2N3O. The van der Waals surface area contributed by atoms with E-state index < -0.39 is 5.60 Å². The van der Waals surface area contributed by atoms with E-state index in [1.807, 2.05) is 0 Å². The number of ether oxygens (including phenoxy) is 1. The van der Waals surface area contributed by atoms with Gasteiger partial charge >= 0.3 is 0 Å². The number of nitrogens with two attached hydrogens (primary N) is 1. The van der Waals surface area contributed by atoms with Crippen LogP contribution < -0.4 is 5.73 Å². The minimum atomic E-state index is -0.755. The lowest BCUT2D eigenvalue weighted by molar-refractivity contribution is 0.00969. The molecule has 78 valence electrons. The van der Waals surface area contributed by atoms with Gasteiger partial charge in [-0.15, -0.1) is 0 Å². The van der Waals surface area contributed by atoms with Crippen LogP contribution in [0.1, 0.15) is 12.5 Å². The van der Waals surface area contributed by atoms with Crippen LogP contribution in [-0.2, 0) is 10.3 Å². The minimum Gasteiger partial charge on any atom is -0.372 e. The monoisotopic (exact) mass is 235 g/mol. The van der Waals surface area contributed by atoms with Gasteiger partial charge in [0.25, 0.3) is 0 Å². The first kappa shape index (κ1) is 11.7. The molecule has 0 spiro atoms. The third-order valence-corrected chi connectivity index (χ3v) is 2.70. The van der Waals surface area contributed by atoms with Gasteiger partial charge in [-0.1, -0.05) is 23.2 Å². The van der Waals surface area contributed by atoms with Gasteiger partial charge in [0.1, 0.15) is 22.2 Å². The van der Waals surface area contributed by atoms with Crippen LogP contribution in [0.15, 0.2) is 6.33 Å². The second kappa shape index (κ2) is 4.40. The predicted molar refractivity (Wildman–Crippen MR) is 55.5 cm³/mol. The molecule has 0 aromatic carbocycles. The smallest absolute Gasteiger partial charge is 0.140 e. The molecule has 2 N–H and O–H groups in total. The summed E-state index contributed by atoms with van der Waals surface area (Å²) in [5, 5.41) is 0.527. The second-order valence-electron chi connectivity index (χ2n) is 2.97. The molecule has 0 bridgehead atoms. The maximum Gasteiger partial charge on any atom is 0.140 e. The van der Waals surface area contributed by atoms with Crippen molar-refractivity contribution >= 4 is 23.2 Å². The van der Waals surface area contributed by atoms with Crippen molar-refractivity contribution in [1.29, 1.82) is 0 Å². The molecule has 0 fully saturated rings. The number of rotatable bonds is 3. The zero-order valence-electron chi connectivity index (χ0n) is 7.92. The van der Waals surface area contributed by atoms with E-state index in [-0.39, 0.29) is 16.9 Å². The predicted octanol–water partition coefficient (Wildman–Crippen LogP) is 1.60. The Morgan fingerprint density at radius 1 is 1.43 bits per heavy atom. The van der Waals surface area contributed by atoms with Crippen LogP contribution >= 0.6 is 23.2 Å². The van der Waals surface area contributed by atoms with Gasteiger partial charge in [0.2, 0.25) is 0 Å². The molecule has 0 aliphatic heterocycles. The molecule has 1 unspecified atom stereocenters. The maximum atomic E-state index is 5.90. The van der Waals surface area contributed by atoms with E-state index in [4.69, 9.17) is 33.7 Å². The van der Waals surface area contributed by atoms with E-state index in [1.165, 1.54) is 13.4 Å². The first-order valence-electron chi connectivity index (χ1n) is 3.97. The number of methoxy groups -OCH3 is 1. The van der Waals surface area contributed by atoms with E-state index in [1.54, 1.807) is 6.92 Å². The summed E-state index contributed by atoms with van der Waals surface area (Å²) >= 11 is 11.8. The lowest BCUT2D eigenvalue weighted by Gasteiger charge is -2.27. The van der Waals surface area contributed by atoms with E-state index in [0.717, 1.165) is 0 Å². The van der Waals surface area contributed by atoms with Gasteiger partial charge in [0, 0.05) is 13.7 Å². The third kappa shape index (κ3) is 1.98. The lowest BCUT2D eigenvalue weighted by Crippen LogP contribution is -2.34. The van der Waals surface area contributed by atoms with Crippen molar-refractivity contribution in [3.05, 3.63) is 22.2 Å². The van der Waals surface area contributed by atoms with Crippen LogP contribution in [0.5, 0.6) is 0 Å². The second-order valence-corrected chi connectivity index (χ2v) is 3.69. The Hall–Kier alpha value is -0.420. The van der Waals surface area contributed by atoms with Gasteiger partial charge in [-0.3, -0.25) is 0 Å². The summed E-state index contributed by atoms with van der Waals surface area (Å²) in [6.45, 7) is 2.03. The number of nitrogens with zero attached hydrogens (tertiary/aromatic N) is 2. The molecule has 1 atom stereocenters. The molecule has 0 amide bonds. The highest BCUT2D eigenvalue weighted by Gasteiger charge is 2.30. The van der Waals surface area contributed by atoms with Crippen LogP contribution in [0.2, 0.25) is 10.3 Å². The van der Waals surface area contributed by atoms with Crippen molar-refractivity contribution in [2.75, 3.05) is 13.7 Å². The summed E-state index contributed by atoms with van der Waals surface area (Å²) in [5.74, 6) is 0. The Kier molecular flexibility index (Phi) is 3.66. The summed E-state index contributed by atoms with van der Waals surface area (Å²) in [7, 11) is 1.53. The van der Waals surface area contributed by atoms with Crippen molar-refractivity contribution in [3.8, 4) is 0 Å². The van der Waals surface area contributed by atoms with Gasteiger partial charge in [-0.25, -0.2) is 9.97 Å². The van der Waals surface area contributed by atoms with Crippen LogP contribution in [0.4, 0.5) is 0 Å². The number of aromatic nitrogens is 2. The summed E-state index contributed by atoms with van der Waals surface area (Å²) in [6, 6.07) is 0. The Bertz CT molecular complexity index is 308. The van der Waals surface area contributed by atoms with Gasteiger partial charge in [0.05, 0.1) is 5.56 Å². The fraction of sp³-hybridized carbons (Fsp3) is 0.500. The molecule has 1 heterocycles. The highest BCUT2D eigenvalue weighted by atomic mass is 35.5. The van der Waals surface area contributed by atoms with Crippen LogP contribution in [0.25, 0.3) is 0 Å². The lowest BCUT2D eigenvalue weighted by atomic mass is 9.99. The Labute approximate surface area is 92.4 Å². The summed E-state index contributed by atoms with van der Waals surface area (Å²) < 4.78 is 5.26. The number of hydrogen-bond acceptors (Lipinski definition) is 4.